The number of aromatic nitrogens is 3. The molecule has 0 aromatic carbocycles. The first-order valence-corrected chi connectivity index (χ1v) is 5.04. The zero-order valence-corrected chi connectivity index (χ0v) is 8.44. The van der Waals surface area contributed by atoms with Crippen LogP contribution in [0.2, 0.25) is 0 Å². The van der Waals surface area contributed by atoms with E-state index in [0.717, 1.165) is 23.9 Å². The van der Waals surface area contributed by atoms with Crippen molar-refractivity contribution in [3.63, 3.8) is 0 Å². The van der Waals surface area contributed by atoms with Crippen LogP contribution >= 0.6 is 0 Å². The fourth-order valence-electron chi connectivity index (χ4n) is 1.57. The maximum Gasteiger partial charge on any atom is 0.358 e. The lowest BCUT2D eigenvalue weighted by molar-refractivity contribution is 0.0675. The number of hydrogen-bond donors (Lipinski definition) is 1. The van der Waals surface area contributed by atoms with Gasteiger partial charge in [0.1, 0.15) is 5.69 Å². The van der Waals surface area contributed by atoms with E-state index >= 15 is 0 Å². The summed E-state index contributed by atoms with van der Waals surface area (Å²) in [5, 5.41) is 15.4. The molecule has 2 rings (SSSR count). The molecular formula is C9H11F2N3O2. The Morgan fingerprint density at radius 3 is 2.75 bits per heavy atom. The molecule has 0 aliphatic heterocycles. The highest BCUT2D eigenvalue weighted by Crippen LogP contribution is 2.33. The normalized spacial score (nSPS) is 15.7. The molecule has 1 aliphatic rings. The smallest absolute Gasteiger partial charge is 0.358 e. The second-order valence-electron chi connectivity index (χ2n) is 3.88. The number of rotatable bonds is 5. The summed E-state index contributed by atoms with van der Waals surface area (Å²) in [6.45, 7) is 0.310. The van der Waals surface area contributed by atoms with Gasteiger partial charge in [0.05, 0.1) is 0 Å². The fraction of sp³-hybridized carbons (Fsp3) is 0.667. The van der Waals surface area contributed by atoms with E-state index in [9.17, 15) is 13.6 Å². The van der Waals surface area contributed by atoms with E-state index in [2.05, 4.69) is 10.3 Å². The van der Waals surface area contributed by atoms with Gasteiger partial charge in [0.15, 0.2) is 5.69 Å². The zero-order chi connectivity index (χ0) is 11.7. The van der Waals surface area contributed by atoms with Crippen molar-refractivity contribution in [2.75, 3.05) is 0 Å². The van der Waals surface area contributed by atoms with E-state index in [4.69, 9.17) is 5.11 Å². The van der Waals surface area contributed by atoms with Crippen molar-refractivity contribution in [2.45, 2.75) is 32.2 Å². The minimum Gasteiger partial charge on any atom is -0.476 e. The third-order valence-corrected chi connectivity index (χ3v) is 2.63. The molecule has 1 saturated carbocycles. The second kappa shape index (κ2) is 4.15. The number of nitrogens with zero attached hydrogens (tertiary/aromatic N) is 3. The van der Waals surface area contributed by atoms with Gasteiger partial charge in [0.25, 0.3) is 6.43 Å². The minimum atomic E-state index is -2.86. The van der Waals surface area contributed by atoms with Gasteiger partial charge < -0.3 is 5.11 Å². The molecule has 1 heterocycles. The van der Waals surface area contributed by atoms with Gasteiger partial charge in [-0.1, -0.05) is 18.1 Å². The number of halogens is 2. The zero-order valence-electron chi connectivity index (χ0n) is 8.44. The summed E-state index contributed by atoms with van der Waals surface area (Å²) in [4.78, 5) is 10.6. The number of alkyl halides is 2. The first kappa shape index (κ1) is 11.0. The van der Waals surface area contributed by atoms with Gasteiger partial charge >= 0.3 is 5.97 Å². The number of aromatic carboxylic acids is 1. The Labute approximate surface area is 90.1 Å². The average molecular weight is 231 g/mol. The van der Waals surface area contributed by atoms with E-state index < -0.39 is 23.8 Å². The van der Waals surface area contributed by atoms with Crippen LogP contribution < -0.4 is 0 Å². The topological polar surface area (TPSA) is 68.0 Å². The van der Waals surface area contributed by atoms with E-state index in [-0.39, 0.29) is 0 Å². The molecule has 1 aliphatic carbocycles. The highest BCUT2D eigenvalue weighted by Gasteiger charge is 2.27. The minimum absolute atomic E-state index is 0.310. The summed E-state index contributed by atoms with van der Waals surface area (Å²) in [6, 6.07) is 0. The molecule has 5 nitrogen and oxygen atoms in total. The van der Waals surface area contributed by atoms with Crippen LogP contribution in [0.5, 0.6) is 0 Å². The van der Waals surface area contributed by atoms with E-state index in [0.29, 0.717) is 12.5 Å². The summed E-state index contributed by atoms with van der Waals surface area (Å²) in [5.41, 5.74) is -1.24. The van der Waals surface area contributed by atoms with Gasteiger partial charge in [-0.15, -0.1) is 5.10 Å². The lowest BCUT2D eigenvalue weighted by Crippen LogP contribution is -2.09. The summed E-state index contributed by atoms with van der Waals surface area (Å²) >= 11 is 0. The molecule has 1 aromatic heterocycles. The third kappa shape index (κ3) is 2.17. The van der Waals surface area contributed by atoms with Crippen LogP contribution in [0.25, 0.3) is 0 Å². The Balaban J connectivity index is 2.18. The molecule has 0 unspecified atom stereocenters. The Hall–Kier alpha value is -1.53. The summed E-state index contributed by atoms with van der Waals surface area (Å²) < 4.78 is 26.3. The number of carboxylic acid groups (broad SMARTS) is 1. The van der Waals surface area contributed by atoms with Crippen LogP contribution in [0.15, 0.2) is 0 Å². The van der Waals surface area contributed by atoms with Gasteiger partial charge in [-0.05, 0) is 12.3 Å². The van der Waals surface area contributed by atoms with Crippen molar-refractivity contribution in [3.8, 4) is 0 Å². The predicted molar refractivity (Wildman–Crippen MR) is 49.3 cm³/mol. The Morgan fingerprint density at radius 2 is 2.25 bits per heavy atom. The molecule has 1 fully saturated rings. The van der Waals surface area contributed by atoms with Crippen LogP contribution in [0, 0.1) is 5.92 Å². The van der Waals surface area contributed by atoms with Crippen LogP contribution in [-0.2, 0) is 6.54 Å². The predicted octanol–water partition coefficient (Wildman–Crippen LogP) is 1.71. The maximum absolute atomic E-state index is 12.7. The summed E-state index contributed by atoms with van der Waals surface area (Å²) in [5.74, 6) is -0.893. The van der Waals surface area contributed by atoms with E-state index in [1.165, 1.54) is 0 Å². The second-order valence-corrected chi connectivity index (χ2v) is 3.88. The van der Waals surface area contributed by atoms with Crippen molar-refractivity contribution in [2.24, 2.45) is 5.92 Å². The molecule has 16 heavy (non-hydrogen) atoms. The number of hydrogen-bond acceptors (Lipinski definition) is 3. The van der Waals surface area contributed by atoms with Crippen LogP contribution in [0.1, 0.15) is 41.9 Å². The van der Waals surface area contributed by atoms with Gasteiger partial charge in [0.2, 0.25) is 0 Å². The van der Waals surface area contributed by atoms with Crippen molar-refractivity contribution in [3.05, 3.63) is 11.4 Å². The van der Waals surface area contributed by atoms with Crippen molar-refractivity contribution in [1.82, 2.24) is 15.0 Å². The maximum atomic E-state index is 12.7. The lowest BCUT2D eigenvalue weighted by Gasteiger charge is -2.04. The Bertz CT molecular complexity index is 401. The first-order valence-electron chi connectivity index (χ1n) is 5.04. The standard InChI is InChI=1S/C9H11F2N3O2/c10-8(11)7-6(9(15)16)12-13-14(7)4-3-5-1-2-5/h5,8H,1-4H2,(H,15,16). The fourth-order valence-corrected chi connectivity index (χ4v) is 1.57. The molecule has 1 aromatic rings. The van der Waals surface area contributed by atoms with E-state index in [1.807, 2.05) is 0 Å². The number of carbonyl (C=O) groups is 1. The first-order chi connectivity index (χ1) is 7.59. The molecule has 88 valence electrons. The quantitative estimate of drug-likeness (QED) is 0.837. The van der Waals surface area contributed by atoms with Crippen molar-refractivity contribution in [1.29, 1.82) is 0 Å². The summed E-state index contributed by atoms with van der Waals surface area (Å²) in [7, 11) is 0. The third-order valence-electron chi connectivity index (χ3n) is 2.63. The molecule has 0 radical (unpaired) electrons. The molecule has 0 bridgehead atoms. The van der Waals surface area contributed by atoms with Crippen molar-refractivity contribution < 1.29 is 18.7 Å². The number of aryl methyl sites for hydroxylation is 1. The molecule has 7 heteroatoms. The molecular weight excluding hydrogens is 220 g/mol. The van der Waals surface area contributed by atoms with Crippen LogP contribution in [0.3, 0.4) is 0 Å². The molecule has 1 N–H and O–H groups in total. The molecule has 0 spiro atoms. The average Bonchev–Trinajstić information content (AvgIpc) is 2.92. The highest BCUT2D eigenvalue weighted by molar-refractivity contribution is 5.86. The van der Waals surface area contributed by atoms with Gasteiger partial charge in [0, 0.05) is 6.54 Å². The van der Waals surface area contributed by atoms with Gasteiger partial charge in [-0.2, -0.15) is 0 Å². The van der Waals surface area contributed by atoms with Crippen LogP contribution in [-0.4, -0.2) is 26.1 Å². The number of carboxylic acids is 1. The molecule has 0 saturated heterocycles. The molecule has 0 atom stereocenters. The van der Waals surface area contributed by atoms with Gasteiger partial charge in [-0.25, -0.2) is 18.3 Å². The Kier molecular flexibility index (Phi) is 2.84. The van der Waals surface area contributed by atoms with E-state index in [1.54, 1.807) is 0 Å². The SMILES string of the molecule is O=C(O)c1nnn(CCC2CC2)c1C(F)F. The summed E-state index contributed by atoms with van der Waals surface area (Å²) in [6.07, 6.45) is 0.122. The van der Waals surface area contributed by atoms with Gasteiger partial charge in [-0.3, -0.25) is 0 Å². The van der Waals surface area contributed by atoms with Crippen molar-refractivity contribution >= 4 is 5.97 Å². The highest BCUT2D eigenvalue weighted by atomic mass is 19.3. The van der Waals surface area contributed by atoms with Crippen LogP contribution in [0.4, 0.5) is 8.78 Å². The molecule has 0 amide bonds. The monoisotopic (exact) mass is 231 g/mol. The largest absolute Gasteiger partial charge is 0.476 e. The lowest BCUT2D eigenvalue weighted by atomic mass is 10.2. The Morgan fingerprint density at radius 1 is 1.56 bits per heavy atom.